The van der Waals surface area contributed by atoms with Crippen molar-refractivity contribution in [3.8, 4) is 11.5 Å². The van der Waals surface area contributed by atoms with E-state index in [0.29, 0.717) is 18.9 Å². The minimum absolute atomic E-state index is 0.0888. The Bertz CT molecular complexity index is 624. The number of ether oxygens (including phenoxy) is 1. The molecule has 1 atom stereocenters. The summed E-state index contributed by atoms with van der Waals surface area (Å²) < 4.78 is 5.74. The molecule has 25 heavy (non-hydrogen) atoms. The molecule has 0 spiro atoms. The number of aliphatic hydroxyl groups excluding tert-OH is 1. The average molecular weight is 343 g/mol. The lowest BCUT2D eigenvalue weighted by Gasteiger charge is -2.24. The minimum Gasteiger partial charge on any atom is -0.504 e. The normalized spacial score (nSPS) is 12.3. The van der Waals surface area contributed by atoms with E-state index in [1.165, 1.54) is 0 Å². The number of aliphatic hydroxyl groups is 1. The van der Waals surface area contributed by atoms with Crippen LogP contribution < -0.4 is 4.74 Å². The predicted octanol–water partition coefficient (Wildman–Crippen LogP) is 4.13. The third kappa shape index (κ3) is 6.07. The molecule has 4 nitrogen and oxygen atoms in total. The first kappa shape index (κ1) is 19.3. The van der Waals surface area contributed by atoms with E-state index >= 15 is 0 Å². The van der Waals surface area contributed by atoms with E-state index in [1.54, 1.807) is 18.2 Å². The van der Waals surface area contributed by atoms with Crippen LogP contribution in [0.5, 0.6) is 11.5 Å². The Morgan fingerprint density at radius 1 is 1.00 bits per heavy atom. The molecule has 0 amide bonds. The number of hydrogen-bond acceptors (Lipinski definition) is 4. The molecule has 0 heterocycles. The van der Waals surface area contributed by atoms with Gasteiger partial charge in [-0.2, -0.15) is 0 Å². The van der Waals surface area contributed by atoms with E-state index in [0.717, 1.165) is 37.1 Å². The average Bonchev–Trinajstić information content (AvgIpc) is 2.62. The van der Waals surface area contributed by atoms with E-state index in [-0.39, 0.29) is 5.75 Å². The Balaban J connectivity index is 2.03. The molecule has 0 aliphatic rings. The summed E-state index contributed by atoms with van der Waals surface area (Å²) in [6, 6.07) is 14.9. The number of aromatic hydroxyl groups is 1. The fourth-order valence-corrected chi connectivity index (χ4v) is 2.87. The third-order valence-electron chi connectivity index (χ3n) is 4.12. The van der Waals surface area contributed by atoms with Gasteiger partial charge in [-0.05, 0) is 49.2 Å². The van der Waals surface area contributed by atoms with Crippen LogP contribution in [0.2, 0.25) is 0 Å². The van der Waals surface area contributed by atoms with Crippen molar-refractivity contribution in [2.45, 2.75) is 39.4 Å². The SMILES string of the molecule is CCCN(CCC)CC(O)c1ccc(O)c(OCc2ccccc2)c1. The van der Waals surface area contributed by atoms with Crippen molar-refractivity contribution in [2.75, 3.05) is 19.6 Å². The molecule has 0 saturated carbocycles. The molecule has 0 radical (unpaired) electrons. The van der Waals surface area contributed by atoms with Crippen molar-refractivity contribution in [3.05, 3.63) is 59.7 Å². The highest BCUT2D eigenvalue weighted by atomic mass is 16.5. The predicted molar refractivity (Wildman–Crippen MR) is 101 cm³/mol. The molecule has 2 rings (SSSR count). The Morgan fingerprint density at radius 2 is 1.68 bits per heavy atom. The van der Waals surface area contributed by atoms with Crippen LogP contribution in [-0.2, 0) is 6.61 Å². The Labute approximate surface area is 150 Å². The molecule has 2 N–H and O–H groups in total. The first-order valence-electron chi connectivity index (χ1n) is 9.04. The van der Waals surface area contributed by atoms with Crippen molar-refractivity contribution < 1.29 is 14.9 Å². The summed E-state index contributed by atoms with van der Waals surface area (Å²) in [7, 11) is 0. The van der Waals surface area contributed by atoms with Gasteiger partial charge in [0.25, 0.3) is 0 Å². The summed E-state index contributed by atoms with van der Waals surface area (Å²) in [5.41, 5.74) is 1.79. The molecule has 136 valence electrons. The van der Waals surface area contributed by atoms with Crippen molar-refractivity contribution in [2.24, 2.45) is 0 Å². The number of rotatable bonds is 10. The van der Waals surface area contributed by atoms with Gasteiger partial charge in [-0.25, -0.2) is 0 Å². The van der Waals surface area contributed by atoms with Gasteiger partial charge >= 0.3 is 0 Å². The fraction of sp³-hybridized carbons (Fsp3) is 0.429. The smallest absolute Gasteiger partial charge is 0.161 e. The van der Waals surface area contributed by atoms with Crippen LogP contribution in [0.3, 0.4) is 0 Å². The molecule has 2 aromatic rings. The maximum Gasteiger partial charge on any atom is 0.161 e. The second kappa shape index (κ2) is 10.1. The molecule has 4 heteroatoms. The van der Waals surface area contributed by atoms with Crippen molar-refractivity contribution in [3.63, 3.8) is 0 Å². The van der Waals surface area contributed by atoms with Gasteiger partial charge in [0.15, 0.2) is 11.5 Å². The molecule has 0 aliphatic heterocycles. The lowest BCUT2D eigenvalue weighted by atomic mass is 10.1. The van der Waals surface area contributed by atoms with Crippen molar-refractivity contribution >= 4 is 0 Å². The highest BCUT2D eigenvalue weighted by Gasteiger charge is 2.15. The quantitative estimate of drug-likeness (QED) is 0.681. The first-order valence-corrected chi connectivity index (χ1v) is 9.04. The van der Waals surface area contributed by atoms with E-state index in [9.17, 15) is 10.2 Å². The van der Waals surface area contributed by atoms with E-state index < -0.39 is 6.10 Å². The zero-order valence-electron chi connectivity index (χ0n) is 15.2. The van der Waals surface area contributed by atoms with Crippen LogP contribution in [0.25, 0.3) is 0 Å². The number of phenols is 1. The summed E-state index contributed by atoms with van der Waals surface area (Å²) >= 11 is 0. The van der Waals surface area contributed by atoms with Gasteiger partial charge in [-0.1, -0.05) is 50.2 Å². The fourth-order valence-electron chi connectivity index (χ4n) is 2.87. The minimum atomic E-state index is -0.599. The van der Waals surface area contributed by atoms with Crippen LogP contribution in [0.15, 0.2) is 48.5 Å². The molecule has 2 aromatic carbocycles. The zero-order chi connectivity index (χ0) is 18.1. The van der Waals surface area contributed by atoms with Gasteiger partial charge in [0.1, 0.15) is 6.61 Å². The molecular weight excluding hydrogens is 314 g/mol. The lowest BCUT2D eigenvalue weighted by Crippen LogP contribution is -2.30. The Kier molecular flexibility index (Phi) is 7.76. The number of phenolic OH excluding ortho intramolecular Hbond substituents is 1. The summed E-state index contributed by atoms with van der Waals surface area (Å²) in [5.74, 6) is 0.490. The van der Waals surface area contributed by atoms with Crippen molar-refractivity contribution in [1.82, 2.24) is 4.90 Å². The van der Waals surface area contributed by atoms with Gasteiger partial charge < -0.3 is 19.8 Å². The molecule has 0 fully saturated rings. The van der Waals surface area contributed by atoms with E-state index in [2.05, 4.69) is 18.7 Å². The number of hydrogen-bond donors (Lipinski definition) is 2. The van der Waals surface area contributed by atoms with Crippen LogP contribution >= 0.6 is 0 Å². The maximum atomic E-state index is 10.6. The highest BCUT2D eigenvalue weighted by Crippen LogP contribution is 2.30. The molecule has 0 bridgehead atoms. The zero-order valence-corrected chi connectivity index (χ0v) is 15.2. The molecule has 0 aromatic heterocycles. The van der Waals surface area contributed by atoms with Gasteiger partial charge in [0.05, 0.1) is 6.10 Å². The van der Waals surface area contributed by atoms with E-state index in [4.69, 9.17) is 4.74 Å². The van der Waals surface area contributed by atoms with Gasteiger partial charge in [-0.3, -0.25) is 0 Å². The van der Waals surface area contributed by atoms with Crippen LogP contribution in [-0.4, -0.2) is 34.7 Å². The second-order valence-electron chi connectivity index (χ2n) is 6.32. The second-order valence-corrected chi connectivity index (χ2v) is 6.32. The lowest BCUT2D eigenvalue weighted by molar-refractivity contribution is 0.112. The maximum absolute atomic E-state index is 10.6. The van der Waals surface area contributed by atoms with Gasteiger partial charge in [-0.15, -0.1) is 0 Å². The van der Waals surface area contributed by atoms with Crippen LogP contribution in [0.1, 0.15) is 43.9 Å². The molecule has 0 saturated heterocycles. The monoisotopic (exact) mass is 343 g/mol. The Hall–Kier alpha value is -2.04. The first-order chi connectivity index (χ1) is 12.1. The third-order valence-corrected chi connectivity index (χ3v) is 4.12. The summed E-state index contributed by atoms with van der Waals surface area (Å²) in [4.78, 5) is 2.27. The topological polar surface area (TPSA) is 52.9 Å². The summed E-state index contributed by atoms with van der Waals surface area (Å²) in [6.45, 7) is 7.20. The van der Waals surface area contributed by atoms with Crippen LogP contribution in [0, 0.1) is 0 Å². The van der Waals surface area contributed by atoms with Crippen molar-refractivity contribution in [1.29, 1.82) is 0 Å². The molecule has 1 unspecified atom stereocenters. The van der Waals surface area contributed by atoms with E-state index in [1.807, 2.05) is 30.3 Å². The molecule has 0 aliphatic carbocycles. The number of benzene rings is 2. The highest BCUT2D eigenvalue weighted by molar-refractivity contribution is 5.42. The van der Waals surface area contributed by atoms with Crippen LogP contribution in [0.4, 0.5) is 0 Å². The number of nitrogens with zero attached hydrogens (tertiary/aromatic N) is 1. The summed E-state index contributed by atoms with van der Waals surface area (Å²) in [6.07, 6.45) is 1.53. The Morgan fingerprint density at radius 3 is 2.32 bits per heavy atom. The summed E-state index contributed by atoms with van der Waals surface area (Å²) in [5, 5.41) is 20.6. The standard InChI is InChI=1S/C21H29NO3/c1-3-12-22(13-4-2)15-20(24)18-10-11-19(23)21(14-18)25-16-17-8-6-5-7-9-17/h5-11,14,20,23-24H,3-4,12-13,15-16H2,1-2H3. The molecular formula is C21H29NO3. The van der Waals surface area contributed by atoms with Gasteiger partial charge in [0.2, 0.25) is 0 Å². The largest absolute Gasteiger partial charge is 0.504 e. The van der Waals surface area contributed by atoms with Gasteiger partial charge in [0, 0.05) is 6.54 Å².